The van der Waals surface area contributed by atoms with Crippen LogP contribution in [-0.2, 0) is 10.0 Å². The molecular formula is C12H12BrNO2S. The van der Waals surface area contributed by atoms with Crippen LogP contribution in [0.15, 0.2) is 46.0 Å². The lowest BCUT2D eigenvalue weighted by molar-refractivity contribution is 0.586. The lowest BCUT2D eigenvalue weighted by Crippen LogP contribution is -2.12. The molecule has 0 spiro atoms. The van der Waals surface area contributed by atoms with Gasteiger partial charge in [0.2, 0.25) is 0 Å². The number of benzene rings is 1. The smallest absolute Gasteiger partial charge is 0.235 e. The van der Waals surface area contributed by atoms with Crippen LogP contribution in [0, 0.1) is 13.8 Å². The third kappa shape index (κ3) is 2.30. The summed E-state index contributed by atoms with van der Waals surface area (Å²) in [6, 6.07) is 8.58. The number of nitrogens with zero attached hydrogens (tertiary/aromatic N) is 1. The van der Waals surface area contributed by atoms with Crippen LogP contribution >= 0.6 is 15.9 Å². The molecule has 2 rings (SSSR count). The SMILES string of the molecule is Cc1ccc(S(=O)(=O)n2cc(C)cc2Br)cc1. The van der Waals surface area contributed by atoms with E-state index in [1.165, 1.54) is 3.97 Å². The second-order valence-corrected chi connectivity index (χ2v) is 6.58. The van der Waals surface area contributed by atoms with Gasteiger partial charge in [0.05, 0.1) is 9.50 Å². The molecule has 0 radical (unpaired) electrons. The molecule has 3 nitrogen and oxygen atoms in total. The van der Waals surface area contributed by atoms with Crippen molar-refractivity contribution >= 4 is 26.0 Å². The zero-order chi connectivity index (χ0) is 12.6. The molecule has 1 aromatic carbocycles. The molecule has 17 heavy (non-hydrogen) atoms. The van der Waals surface area contributed by atoms with E-state index in [2.05, 4.69) is 15.9 Å². The van der Waals surface area contributed by atoms with Gasteiger partial charge in [-0.3, -0.25) is 0 Å². The Hall–Kier alpha value is -1.07. The van der Waals surface area contributed by atoms with Crippen LogP contribution in [0.2, 0.25) is 0 Å². The lowest BCUT2D eigenvalue weighted by Gasteiger charge is -2.07. The molecule has 0 aliphatic rings. The van der Waals surface area contributed by atoms with E-state index in [-0.39, 0.29) is 0 Å². The van der Waals surface area contributed by atoms with E-state index in [1.54, 1.807) is 36.5 Å². The number of aromatic nitrogens is 1. The monoisotopic (exact) mass is 313 g/mol. The molecule has 0 aliphatic heterocycles. The molecule has 0 fully saturated rings. The van der Waals surface area contributed by atoms with Gasteiger partial charge in [0.25, 0.3) is 10.0 Å². The van der Waals surface area contributed by atoms with Gasteiger partial charge in [0.1, 0.15) is 0 Å². The summed E-state index contributed by atoms with van der Waals surface area (Å²) in [5.41, 5.74) is 1.93. The Morgan fingerprint density at radius 2 is 1.65 bits per heavy atom. The van der Waals surface area contributed by atoms with Crippen molar-refractivity contribution in [1.82, 2.24) is 3.97 Å². The van der Waals surface area contributed by atoms with E-state index in [0.29, 0.717) is 9.50 Å². The van der Waals surface area contributed by atoms with Crippen LogP contribution in [0.1, 0.15) is 11.1 Å². The van der Waals surface area contributed by atoms with Crippen LogP contribution in [0.3, 0.4) is 0 Å². The Labute approximate surface area is 109 Å². The average molecular weight is 314 g/mol. The van der Waals surface area contributed by atoms with Crippen molar-refractivity contribution in [2.75, 3.05) is 0 Å². The van der Waals surface area contributed by atoms with Crippen LogP contribution in [0.4, 0.5) is 0 Å². The highest BCUT2D eigenvalue weighted by Gasteiger charge is 2.18. The zero-order valence-corrected chi connectivity index (χ0v) is 11.9. The highest BCUT2D eigenvalue weighted by atomic mass is 79.9. The normalized spacial score (nSPS) is 11.7. The molecule has 5 heteroatoms. The molecule has 90 valence electrons. The van der Waals surface area contributed by atoms with E-state index in [4.69, 9.17) is 0 Å². The molecule has 0 saturated carbocycles. The van der Waals surface area contributed by atoms with Gasteiger partial charge in [-0.25, -0.2) is 12.4 Å². The van der Waals surface area contributed by atoms with Gasteiger partial charge < -0.3 is 0 Å². The minimum atomic E-state index is -3.50. The van der Waals surface area contributed by atoms with Crippen molar-refractivity contribution in [3.63, 3.8) is 0 Å². The predicted molar refractivity (Wildman–Crippen MR) is 70.6 cm³/mol. The predicted octanol–water partition coefficient (Wildman–Crippen LogP) is 3.10. The van der Waals surface area contributed by atoms with E-state index < -0.39 is 10.0 Å². The summed E-state index contributed by atoms with van der Waals surface area (Å²) in [6.45, 7) is 3.78. The first-order chi connectivity index (χ1) is 7.91. The molecule has 0 atom stereocenters. The molecular weight excluding hydrogens is 302 g/mol. The number of hydrogen-bond acceptors (Lipinski definition) is 2. The van der Waals surface area contributed by atoms with Crippen LogP contribution in [0.25, 0.3) is 0 Å². The maximum atomic E-state index is 12.3. The van der Waals surface area contributed by atoms with Gasteiger partial charge >= 0.3 is 0 Å². The molecule has 0 saturated heterocycles. The highest BCUT2D eigenvalue weighted by Crippen LogP contribution is 2.22. The number of rotatable bonds is 2. The summed E-state index contributed by atoms with van der Waals surface area (Å²) in [6.07, 6.45) is 1.60. The van der Waals surface area contributed by atoms with Gasteiger partial charge in [0.15, 0.2) is 0 Å². The van der Waals surface area contributed by atoms with Crippen molar-refractivity contribution in [2.45, 2.75) is 18.7 Å². The average Bonchev–Trinajstić information content (AvgIpc) is 2.59. The van der Waals surface area contributed by atoms with Gasteiger partial charge in [-0.05, 0) is 53.5 Å². The van der Waals surface area contributed by atoms with Crippen molar-refractivity contribution in [3.05, 3.63) is 52.3 Å². The van der Waals surface area contributed by atoms with Crippen molar-refractivity contribution in [3.8, 4) is 0 Å². The number of aryl methyl sites for hydroxylation is 2. The van der Waals surface area contributed by atoms with Crippen LogP contribution in [-0.4, -0.2) is 12.4 Å². The highest BCUT2D eigenvalue weighted by molar-refractivity contribution is 9.10. The fourth-order valence-corrected chi connectivity index (χ4v) is 3.87. The van der Waals surface area contributed by atoms with Crippen LogP contribution in [0.5, 0.6) is 0 Å². The Balaban J connectivity index is 2.57. The largest absolute Gasteiger partial charge is 0.268 e. The van der Waals surface area contributed by atoms with E-state index in [9.17, 15) is 8.42 Å². The van der Waals surface area contributed by atoms with Gasteiger partial charge in [-0.1, -0.05) is 17.7 Å². The summed E-state index contributed by atoms with van der Waals surface area (Å²) >= 11 is 3.25. The maximum absolute atomic E-state index is 12.3. The fraction of sp³-hybridized carbons (Fsp3) is 0.167. The molecule has 1 heterocycles. The molecule has 0 unspecified atom stereocenters. The Bertz CT molecular complexity index is 642. The zero-order valence-electron chi connectivity index (χ0n) is 9.51. The second kappa shape index (κ2) is 4.31. The first-order valence-corrected chi connectivity index (χ1v) is 7.31. The minimum absolute atomic E-state index is 0.291. The molecule has 0 N–H and O–H groups in total. The first kappa shape index (κ1) is 12.4. The lowest BCUT2D eigenvalue weighted by atomic mass is 10.2. The molecule has 0 aliphatic carbocycles. The van der Waals surface area contributed by atoms with Gasteiger partial charge in [-0.2, -0.15) is 0 Å². The second-order valence-electron chi connectivity index (χ2n) is 3.95. The third-order valence-electron chi connectivity index (χ3n) is 2.46. The number of hydrogen-bond donors (Lipinski definition) is 0. The summed E-state index contributed by atoms with van der Waals surface area (Å²) in [4.78, 5) is 0.291. The molecule has 2 aromatic rings. The molecule has 1 aromatic heterocycles. The Morgan fingerprint density at radius 1 is 1.06 bits per heavy atom. The molecule has 0 bridgehead atoms. The fourth-order valence-electron chi connectivity index (χ4n) is 1.54. The van der Waals surface area contributed by atoms with Gasteiger partial charge in [0, 0.05) is 6.20 Å². The van der Waals surface area contributed by atoms with Crippen molar-refractivity contribution in [2.24, 2.45) is 0 Å². The quantitative estimate of drug-likeness (QED) is 0.854. The van der Waals surface area contributed by atoms with E-state index in [1.807, 2.05) is 13.8 Å². The van der Waals surface area contributed by atoms with E-state index >= 15 is 0 Å². The molecule has 0 amide bonds. The topological polar surface area (TPSA) is 39.1 Å². The summed E-state index contributed by atoms with van der Waals surface area (Å²) in [5, 5.41) is 0. The Kier molecular flexibility index (Phi) is 3.14. The van der Waals surface area contributed by atoms with Crippen LogP contribution < -0.4 is 0 Å². The van der Waals surface area contributed by atoms with E-state index in [0.717, 1.165) is 11.1 Å². The third-order valence-corrected chi connectivity index (χ3v) is 4.99. The summed E-state index contributed by atoms with van der Waals surface area (Å²) in [7, 11) is -3.50. The van der Waals surface area contributed by atoms with Crippen molar-refractivity contribution in [1.29, 1.82) is 0 Å². The summed E-state index contributed by atoms with van der Waals surface area (Å²) < 4.78 is 26.4. The summed E-state index contributed by atoms with van der Waals surface area (Å²) in [5.74, 6) is 0. The minimum Gasteiger partial charge on any atom is -0.235 e. The Morgan fingerprint density at radius 3 is 2.12 bits per heavy atom. The standard InChI is InChI=1S/C12H12BrNO2S/c1-9-3-5-11(6-4-9)17(15,16)14-8-10(2)7-12(14)13/h3-8H,1-2H3. The maximum Gasteiger partial charge on any atom is 0.268 e. The first-order valence-electron chi connectivity index (χ1n) is 5.08. The van der Waals surface area contributed by atoms with Gasteiger partial charge in [-0.15, -0.1) is 0 Å². The van der Waals surface area contributed by atoms with Crippen molar-refractivity contribution < 1.29 is 8.42 Å². The number of halogens is 1.